The molecule has 0 N–H and O–H groups in total. The Morgan fingerprint density at radius 3 is 2.63 bits per heavy atom. The van der Waals surface area contributed by atoms with E-state index in [1.54, 1.807) is 0 Å². The minimum Gasteiger partial charge on any atom is -0.463 e. The van der Waals surface area contributed by atoms with Gasteiger partial charge in [0.05, 0.1) is 35.9 Å². The lowest BCUT2D eigenvalue weighted by Gasteiger charge is -2.45. The van der Waals surface area contributed by atoms with Crippen LogP contribution in [-0.2, 0) is 22.5 Å². The van der Waals surface area contributed by atoms with Gasteiger partial charge in [0, 0.05) is 54.9 Å². The molecule has 43 heavy (non-hydrogen) atoms. The number of hydrogen-bond acceptors (Lipinski definition) is 8. The molecule has 10 heteroatoms. The summed E-state index contributed by atoms with van der Waals surface area (Å²) in [4.78, 5) is 31.4. The van der Waals surface area contributed by atoms with E-state index in [1.807, 2.05) is 17.0 Å². The van der Waals surface area contributed by atoms with Crippen LogP contribution in [0.3, 0.4) is 0 Å². The highest BCUT2D eigenvalue weighted by Crippen LogP contribution is 2.38. The van der Waals surface area contributed by atoms with Crippen molar-refractivity contribution < 1.29 is 14.3 Å². The molecule has 0 spiro atoms. The van der Waals surface area contributed by atoms with E-state index < -0.39 is 0 Å². The number of nitrogens with zero attached hydrogens (tertiary/aromatic N) is 6. The molecule has 2 aromatic carbocycles. The minimum atomic E-state index is -0.0762. The molecule has 0 unspecified atom stereocenters. The summed E-state index contributed by atoms with van der Waals surface area (Å²) in [5.74, 6) is 0.873. The van der Waals surface area contributed by atoms with Crippen molar-refractivity contribution in [2.45, 2.75) is 38.9 Å². The number of hydrogen-bond donors (Lipinski definition) is 0. The van der Waals surface area contributed by atoms with Gasteiger partial charge in [0.25, 0.3) is 0 Å². The molecule has 0 saturated carbocycles. The zero-order chi connectivity index (χ0) is 30.3. The van der Waals surface area contributed by atoms with Crippen molar-refractivity contribution in [3.63, 3.8) is 0 Å². The summed E-state index contributed by atoms with van der Waals surface area (Å²) in [5, 5.41) is 2.92. The Bertz CT molecular complexity index is 1520. The SMILES string of the molecule is C=CC(=O)N1C[C@H](C)N(c2nc(OCC3(CN(C)C)COC3)nc3c2CCN(c2cccc4cccc(Cl)c24)C3)C[C@H]1C. The van der Waals surface area contributed by atoms with Crippen molar-refractivity contribution >= 4 is 39.8 Å². The highest BCUT2D eigenvalue weighted by Gasteiger charge is 2.41. The highest BCUT2D eigenvalue weighted by atomic mass is 35.5. The average Bonchev–Trinajstić information content (AvgIpc) is 2.98. The normalized spacial score (nSPS) is 21.5. The molecule has 6 rings (SSSR count). The lowest BCUT2D eigenvalue weighted by Crippen LogP contribution is -2.58. The van der Waals surface area contributed by atoms with Gasteiger partial charge in [0.2, 0.25) is 5.91 Å². The topological polar surface area (TPSA) is 74.3 Å². The minimum absolute atomic E-state index is 0.0186. The molecule has 0 radical (unpaired) electrons. The van der Waals surface area contributed by atoms with Crippen molar-refractivity contribution in [2.24, 2.45) is 5.41 Å². The summed E-state index contributed by atoms with van der Waals surface area (Å²) < 4.78 is 12.0. The van der Waals surface area contributed by atoms with Gasteiger partial charge in [-0.25, -0.2) is 0 Å². The van der Waals surface area contributed by atoms with Crippen molar-refractivity contribution in [2.75, 3.05) is 69.9 Å². The van der Waals surface area contributed by atoms with Crippen LogP contribution in [0.4, 0.5) is 11.5 Å². The molecule has 2 fully saturated rings. The van der Waals surface area contributed by atoms with E-state index in [-0.39, 0.29) is 23.4 Å². The maximum Gasteiger partial charge on any atom is 0.318 e. The van der Waals surface area contributed by atoms with Gasteiger partial charge in [-0.1, -0.05) is 42.4 Å². The molecule has 3 aliphatic rings. The third-order valence-electron chi connectivity index (χ3n) is 8.89. The van der Waals surface area contributed by atoms with E-state index >= 15 is 0 Å². The smallest absolute Gasteiger partial charge is 0.318 e. The molecule has 0 aliphatic carbocycles. The van der Waals surface area contributed by atoms with E-state index in [0.717, 1.165) is 58.1 Å². The highest BCUT2D eigenvalue weighted by molar-refractivity contribution is 6.36. The number of carbonyl (C=O) groups is 1. The first-order valence-electron chi connectivity index (χ1n) is 15.0. The predicted octanol–water partition coefficient (Wildman–Crippen LogP) is 4.41. The fourth-order valence-corrected chi connectivity index (χ4v) is 7.06. The molecule has 4 heterocycles. The average molecular weight is 605 g/mol. The number of rotatable bonds is 8. The number of aromatic nitrogens is 2. The lowest BCUT2D eigenvalue weighted by molar-refractivity contribution is -0.140. The molecular formula is C33H41ClN6O3. The fraction of sp³-hybridized carbons (Fsp3) is 0.485. The summed E-state index contributed by atoms with van der Waals surface area (Å²) in [6, 6.07) is 12.8. The largest absolute Gasteiger partial charge is 0.463 e. The van der Waals surface area contributed by atoms with Gasteiger partial charge in [0.15, 0.2) is 0 Å². The Kier molecular flexibility index (Phi) is 8.24. The van der Waals surface area contributed by atoms with Crippen molar-refractivity contribution in [1.82, 2.24) is 19.8 Å². The first kappa shape index (κ1) is 29.7. The summed E-state index contributed by atoms with van der Waals surface area (Å²) in [6.45, 7) is 13.3. The van der Waals surface area contributed by atoms with E-state index in [4.69, 9.17) is 31.0 Å². The number of anilines is 2. The van der Waals surface area contributed by atoms with E-state index in [2.05, 4.69) is 73.5 Å². The zero-order valence-corrected chi connectivity index (χ0v) is 26.3. The third kappa shape index (κ3) is 5.78. The van der Waals surface area contributed by atoms with Crippen LogP contribution in [-0.4, -0.2) is 97.9 Å². The third-order valence-corrected chi connectivity index (χ3v) is 9.20. The van der Waals surface area contributed by atoms with Gasteiger partial charge in [-0.3, -0.25) is 4.79 Å². The van der Waals surface area contributed by atoms with E-state index in [1.165, 1.54) is 6.08 Å². The summed E-state index contributed by atoms with van der Waals surface area (Å²) in [6.07, 6.45) is 2.19. The first-order chi connectivity index (χ1) is 20.7. The van der Waals surface area contributed by atoms with Gasteiger partial charge in [-0.15, -0.1) is 0 Å². The molecule has 0 bridgehead atoms. The van der Waals surface area contributed by atoms with E-state index in [0.29, 0.717) is 45.5 Å². The van der Waals surface area contributed by atoms with Gasteiger partial charge >= 0.3 is 6.01 Å². The molecule has 1 amide bonds. The zero-order valence-electron chi connectivity index (χ0n) is 25.6. The Morgan fingerprint density at radius 2 is 1.93 bits per heavy atom. The number of carbonyl (C=O) groups excluding carboxylic acids is 1. The van der Waals surface area contributed by atoms with Gasteiger partial charge in [0.1, 0.15) is 12.4 Å². The molecule has 3 aliphatic heterocycles. The maximum atomic E-state index is 12.5. The monoisotopic (exact) mass is 604 g/mol. The Hall–Kier alpha value is -3.40. The van der Waals surface area contributed by atoms with Crippen LogP contribution in [0.5, 0.6) is 6.01 Å². The van der Waals surface area contributed by atoms with Crippen LogP contribution in [0.2, 0.25) is 5.02 Å². The number of halogens is 1. The van der Waals surface area contributed by atoms with Crippen LogP contribution < -0.4 is 14.5 Å². The molecule has 1 aromatic heterocycles. The number of amides is 1. The fourth-order valence-electron chi connectivity index (χ4n) is 6.78. The summed E-state index contributed by atoms with van der Waals surface area (Å²) in [5.41, 5.74) is 3.14. The van der Waals surface area contributed by atoms with Crippen molar-refractivity contribution in [3.8, 4) is 6.01 Å². The molecule has 9 nitrogen and oxygen atoms in total. The van der Waals surface area contributed by atoms with Crippen molar-refractivity contribution in [1.29, 1.82) is 0 Å². The molecule has 2 saturated heterocycles. The van der Waals surface area contributed by atoms with Gasteiger partial charge in [-0.05, 0) is 58.0 Å². The Morgan fingerprint density at radius 1 is 1.16 bits per heavy atom. The summed E-state index contributed by atoms with van der Waals surface area (Å²) >= 11 is 6.72. The molecule has 2 atom stereocenters. The quantitative estimate of drug-likeness (QED) is 0.350. The van der Waals surface area contributed by atoms with Crippen LogP contribution in [0.15, 0.2) is 49.1 Å². The van der Waals surface area contributed by atoms with Gasteiger partial charge < -0.3 is 29.1 Å². The molecule has 3 aromatic rings. The van der Waals surface area contributed by atoms with E-state index in [9.17, 15) is 4.79 Å². The van der Waals surface area contributed by atoms with Crippen LogP contribution >= 0.6 is 11.6 Å². The standard InChI is InChI=1S/C33H41ClN6O3/c1-6-29(41)39-15-23(3)40(16-22(39)2)31-25-13-14-38(28-12-8-10-24-9-7-11-26(34)30(24)28)17-27(25)35-32(36-31)43-21-33(18-37(4)5)19-42-20-33/h6-12,22-23H,1,13-21H2,2-5H3/t22-,23+/m1/s1. The summed E-state index contributed by atoms with van der Waals surface area (Å²) in [7, 11) is 4.14. The number of piperazine rings is 1. The predicted molar refractivity (Wildman–Crippen MR) is 171 cm³/mol. The Labute approximate surface area is 259 Å². The lowest BCUT2D eigenvalue weighted by atomic mass is 9.86. The van der Waals surface area contributed by atoms with Crippen molar-refractivity contribution in [3.05, 3.63) is 65.3 Å². The van der Waals surface area contributed by atoms with Crippen LogP contribution in [0.25, 0.3) is 10.8 Å². The first-order valence-corrected chi connectivity index (χ1v) is 15.4. The second-order valence-corrected chi connectivity index (χ2v) is 13.0. The second-order valence-electron chi connectivity index (χ2n) is 12.6. The molecular weight excluding hydrogens is 564 g/mol. The number of ether oxygens (including phenoxy) is 2. The second kappa shape index (κ2) is 11.9. The van der Waals surface area contributed by atoms with Gasteiger partial charge in [-0.2, -0.15) is 9.97 Å². The Balaban J connectivity index is 1.35. The van der Waals surface area contributed by atoms with Crippen LogP contribution in [0, 0.1) is 5.41 Å². The van der Waals surface area contributed by atoms with Crippen LogP contribution in [0.1, 0.15) is 25.1 Å². The number of fused-ring (bicyclic) bond motifs is 2. The number of benzene rings is 2. The molecule has 228 valence electrons. The maximum absolute atomic E-state index is 12.5.